The Morgan fingerprint density at radius 2 is 1.68 bits per heavy atom. The number of hydrazine groups is 1. The molecule has 1 aliphatic rings. The highest BCUT2D eigenvalue weighted by Gasteiger charge is 2.15. The van der Waals surface area contributed by atoms with Crippen LogP contribution in [0.4, 0.5) is 11.4 Å². The van der Waals surface area contributed by atoms with E-state index in [1.165, 1.54) is 19.3 Å². The van der Waals surface area contributed by atoms with E-state index in [2.05, 4.69) is 14.7 Å². The monoisotopic (exact) mass is 283 g/mol. The minimum Gasteiger partial charge on any atom is -0.309 e. The maximum Gasteiger partial charge on any atom is 0.229 e. The van der Waals surface area contributed by atoms with Crippen LogP contribution in [-0.4, -0.2) is 39.8 Å². The van der Waals surface area contributed by atoms with Crippen molar-refractivity contribution in [1.29, 1.82) is 0 Å². The molecule has 0 radical (unpaired) electrons. The first-order valence-corrected chi connectivity index (χ1v) is 8.41. The van der Waals surface area contributed by atoms with Crippen LogP contribution in [0.25, 0.3) is 0 Å². The quantitative estimate of drug-likeness (QED) is 0.917. The standard InChI is InChI=1S/C13H21N3O2S/c1-15(16-10-4-3-5-11-16)13-8-6-12(7-9-13)14-19(2,17)18/h6-9,14H,3-5,10-11H2,1-2H3. The fourth-order valence-corrected chi connectivity index (χ4v) is 2.86. The zero-order valence-electron chi connectivity index (χ0n) is 11.5. The van der Waals surface area contributed by atoms with E-state index >= 15 is 0 Å². The van der Waals surface area contributed by atoms with Gasteiger partial charge in [-0.1, -0.05) is 6.42 Å². The van der Waals surface area contributed by atoms with Crippen LogP contribution < -0.4 is 9.73 Å². The molecule has 5 nitrogen and oxygen atoms in total. The number of hydrogen-bond acceptors (Lipinski definition) is 4. The molecule has 0 bridgehead atoms. The third kappa shape index (κ3) is 4.11. The zero-order chi connectivity index (χ0) is 13.9. The van der Waals surface area contributed by atoms with E-state index in [9.17, 15) is 8.42 Å². The summed E-state index contributed by atoms with van der Waals surface area (Å²) in [5.74, 6) is 0. The first-order valence-electron chi connectivity index (χ1n) is 6.52. The second-order valence-corrected chi connectivity index (χ2v) is 6.71. The Kier molecular flexibility index (Phi) is 4.31. The van der Waals surface area contributed by atoms with Crippen molar-refractivity contribution in [1.82, 2.24) is 5.01 Å². The lowest BCUT2D eigenvalue weighted by molar-refractivity contribution is 0.220. The van der Waals surface area contributed by atoms with Gasteiger partial charge in [-0.05, 0) is 37.1 Å². The number of hydrogen-bond donors (Lipinski definition) is 1. The molecule has 1 saturated heterocycles. The number of nitrogens with zero attached hydrogens (tertiary/aromatic N) is 2. The number of anilines is 2. The minimum atomic E-state index is -3.20. The SMILES string of the molecule is CN(c1ccc(NS(C)(=O)=O)cc1)N1CCCCC1. The highest BCUT2D eigenvalue weighted by Crippen LogP contribution is 2.21. The van der Waals surface area contributed by atoms with Gasteiger partial charge in [-0.15, -0.1) is 0 Å². The summed E-state index contributed by atoms with van der Waals surface area (Å²) in [5.41, 5.74) is 1.67. The predicted octanol–water partition coefficient (Wildman–Crippen LogP) is 1.90. The van der Waals surface area contributed by atoms with Crippen LogP contribution in [-0.2, 0) is 10.0 Å². The molecule has 1 fully saturated rings. The predicted molar refractivity (Wildman–Crippen MR) is 78.7 cm³/mol. The van der Waals surface area contributed by atoms with E-state index in [4.69, 9.17) is 0 Å². The average molecular weight is 283 g/mol. The van der Waals surface area contributed by atoms with Crippen LogP contribution in [0.5, 0.6) is 0 Å². The topological polar surface area (TPSA) is 52.7 Å². The average Bonchev–Trinajstić information content (AvgIpc) is 2.38. The highest BCUT2D eigenvalue weighted by atomic mass is 32.2. The number of sulfonamides is 1. The second kappa shape index (κ2) is 5.79. The Bertz CT molecular complexity index is 507. The molecule has 0 aliphatic carbocycles. The molecule has 1 aromatic carbocycles. The van der Waals surface area contributed by atoms with Crippen molar-refractivity contribution in [3.05, 3.63) is 24.3 Å². The van der Waals surface area contributed by atoms with Gasteiger partial charge in [-0.25, -0.2) is 13.4 Å². The lowest BCUT2D eigenvalue weighted by atomic mass is 10.1. The molecular formula is C13H21N3O2S. The van der Waals surface area contributed by atoms with Gasteiger partial charge in [-0.2, -0.15) is 0 Å². The molecule has 1 aromatic rings. The van der Waals surface area contributed by atoms with E-state index in [-0.39, 0.29) is 0 Å². The summed E-state index contributed by atoms with van der Waals surface area (Å²) in [6, 6.07) is 7.44. The summed E-state index contributed by atoms with van der Waals surface area (Å²) < 4.78 is 24.7. The molecule has 19 heavy (non-hydrogen) atoms. The summed E-state index contributed by atoms with van der Waals surface area (Å²) in [7, 11) is -1.16. The number of rotatable bonds is 4. The van der Waals surface area contributed by atoms with Gasteiger partial charge in [0.1, 0.15) is 0 Å². The molecule has 0 aromatic heterocycles. The third-order valence-corrected chi connectivity index (χ3v) is 3.91. The lowest BCUT2D eigenvalue weighted by Gasteiger charge is -2.36. The third-order valence-electron chi connectivity index (χ3n) is 3.30. The Labute approximate surface area is 115 Å². The van der Waals surface area contributed by atoms with Gasteiger partial charge in [-0.3, -0.25) is 4.72 Å². The van der Waals surface area contributed by atoms with E-state index < -0.39 is 10.0 Å². The first-order chi connectivity index (χ1) is 8.96. The van der Waals surface area contributed by atoms with Crippen LogP contribution in [0.2, 0.25) is 0 Å². The van der Waals surface area contributed by atoms with Crippen molar-refractivity contribution in [2.75, 3.05) is 36.1 Å². The molecule has 0 amide bonds. The Balaban J connectivity index is 2.04. The Morgan fingerprint density at radius 1 is 1.11 bits per heavy atom. The van der Waals surface area contributed by atoms with E-state index in [1.54, 1.807) is 12.1 Å². The van der Waals surface area contributed by atoms with E-state index in [0.29, 0.717) is 5.69 Å². The molecule has 106 valence electrons. The van der Waals surface area contributed by atoms with Gasteiger partial charge < -0.3 is 5.01 Å². The molecular weight excluding hydrogens is 262 g/mol. The highest BCUT2D eigenvalue weighted by molar-refractivity contribution is 7.92. The largest absolute Gasteiger partial charge is 0.309 e. The molecule has 0 saturated carbocycles. The van der Waals surface area contributed by atoms with Crippen molar-refractivity contribution in [2.24, 2.45) is 0 Å². The van der Waals surface area contributed by atoms with Gasteiger partial charge >= 0.3 is 0 Å². The van der Waals surface area contributed by atoms with E-state index in [0.717, 1.165) is 25.0 Å². The van der Waals surface area contributed by atoms with Gasteiger partial charge in [0.15, 0.2) is 0 Å². The summed E-state index contributed by atoms with van der Waals surface area (Å²) >= 11 is 0. The van der Waals surface area contributed by atoms with Crippen molar-refractivity contribution < 1.29 is 8.42 Å². The smallest absolute Gasteiger partial charge is 0.229 e. The van der Waals surface area contributed by atoms with Gasteiger partial charge in [0.2, 0.25) is 10.0 Å². The minimum absolute atomic E-state index is 0.596. The normalized spacial score (nSPS) is 17.2. The Hall–Kier alpha value is -1.27. The number of nitrogens with one attached hydrogen (secondary N) is 1. The maximum atomic E-state index is 11.1. The fourth-order valence-electron chi connectivity index (χ4n) is 2.30. The fraction of sp³-hybridized carbons (Fsp3) is 0.538. The van der Waals surface area contributed by atoms with Crippen LogP contribution in [0, 0.1) is 0 Å². The maximum absolute atomic E-state index is 11.1. The molecule has 0 atom stereocenters. The molecule has 2 rings (SSSR count). The molecule has 0 unspecified atom stereocenters. The molecule has 1 N–H and O–H groups in total. The zero-order valence-corrected chi connectivity index (χ0v) is 12.3. The summed E-state index contributed by atoms with van der Waals surface area (Å²) in [5, 5.41) is 4.46. The summed E-state index contributed by atoms with van der Waals surface area (Å²) in [4.78, 5) is 0. The number of benzene rings is 1. The second-order valence-electron chi connectivity index (χ2n) is 4.96. The van der Waals surface area contributed by atoms with Crippen LogP contribution in [0.15, 0.2) is 24.3 Å². The van der Waals surface area contributed by atoms with Crippen LogP contribution in [0.3, 0.4) is 0 Å². The van der Waals surface area contributed by atoms with Crippen molar-refractivity contribution in [3.63, 3.8) is 0 Å². The van der Waals surface area contributed by atoms with Crippen LogP contribution >= 0.6 is 0 Å². The molecule has 1 heterocycles. The van der Waals surface area contributed by atoms with Gasteiger partial charge in [0.25, 0.3) is 0 Å². The summed E-state index contributed by atoms with van der Waals surface area (Å²) in [6.45, 7) is 2.17. The lowest BCUT2D eigenvalue weighted by Crippen LogP contribution is -2.43. The van der Waals surface area contributed by atoms with Crippen LogP contribution in [0.1, 0.15) is 19.3 Å². The molecule has 6 heteroatoms. The van der Waals surface area contributed by atoms with Crippen molar-refractivity contribution in [2.45, 2.75) is 19.3 Å². The van der Waals surface area contributed by atoms with Gasteiger partial charge in [0.05, 0.1) is 11.9 Å². The molecule has 0 spiro atoms. The van der Waals surface area contributed by atoms with Gasteiger partial charge in [0, 0.05) is 25.8 Å². The van der Waals surface area contributed by atoms with Crippen molar-refractivity contribution >= 4 is 21.4 Å². The Morgan fingerprint density at radius 3 is 2.21 bits per heavy atom. The van der Waals surface area contributed by atoms with Crippen molar-refractivity contribution in [3.8, 4) is 0 Å². The molecule has 1 aliphatic heterocycles. The van der Waals surface area contributed by atoms with E-state index in [1.807, 2.05) is 19.2 Å². The number of piperidine rings is 1. The summed E-state index contributed by atoms with van der Waals surface area (Å²) in [6.07, 6.45) is 4.93. The first kappa shape index (κ1) is 14.1.